The van der Waals surface area contributed by atoms with Crippen LogP contribution in [0.3, 0.4) is 0 Å². The van der Waals surface area contributed by atoms with E-state index in [1.54, 1.807) is 4.90 Å². The van der Waals surface area contributed by atoms with Gasteiger partial charge in [-0.15, -0.1) is 0 Å². The third kappa shape index (κ3) is 3.56. The van der Waals surface area contributed by atoms with Crippen molar-refractivity contribution in [3.8, 4) is 0 Å². The second-order valence-corrected chi connectivity index (χ2v) is 6.32. The minimum Gasteiger partial charge on any atom is -0.395 e. The second-order valence-electron chi connectivity index (χ2n) is 6.32. The predicted molar refractivity (Wildman–Crippen MR) is 104 cm³/mol. The van der Waals surface area contributed by atoms with Gasteiger partial charge in [-0.05, 0) is 18.4 Å². The lowest BCUT2D eigenvalue weighted by molar-refractivity contribution is 0.209. The molecule has 1 aromatic carbocycles. The van der Waals surface area contributed by atoms with Gasteiger partial charge in [0.2, 0.25) is 0 Å². The first-order valence-corrected chi connectivity index (χ1v) is 8.86. The molecule has 2 heterocycles. The molecule has 0 spiro atoms. The van der Waals surface area contributed by atoms with Gasteiger partial charge in [0.1, 0.15) is 11.5 Å². The van der Waals surface area contributed by atoms with Crippen molar-refractivity contribution in [2.45, 2.75) is 19.4 Å². The summed E-state index contributed by atoms with van der Waals surface area (Å²) in [5.41, 5.74) is 0.899. The van der Waals surface area contributed by atoms with Crippen LogP contribution in [0.2, 0.25) is 0 Å². The lowest BCUT2D eigenvalue weighted by Gasteiger charge is -2.16. The van der Waals surface area contributed by atoms with Gasteiger partial charge in [0.25, 0.3) is 0 Å². The maximum atomic E-state index is 12.9. The molecule has 1 amide bonds. The highest BCUT2D eigenvalue weighted by molar-refractivity contribution is 5.92. The van der Waals surface area contributed by atoms with E-state index in [4.69, 9.17) is 5.41 Å². The number of benzene rings is 1. The number of rotatable bonds is 6. The van der Waals surface area contributed by atoms with Crippen LogP contribution in [0.4, 0.5) is 10.6 Å². The van der Waals surface area contributed by atoms with Gasteiger partial charge < -0.3 is 20.7 Å². The molecule has 0 unspecified atom stereocenters. The molecule has 8 heteroatoms. The number of likely N-dealkylation sites (tertiary alicyclic amines) is 1. The first-order chi connectivity index (χ1) is 13.1. The predicted octanol–water partition coefficient (Wildman–Crippen LogP) is 1.79. The lowest BCUT2D eigenvalue weighted by atomic mass is 10.2. The van der Waals surface area contributed by atoms with E-state index in [2.05, 4.69) is 11.9 Å². The Kier molecular flexibility index (Phi) is 5.56. The molecule has 3 N–H and O–H groups in total. The quantitative estimate of drug-likeness (QED) is 0.675. The Balaban J connectivity index is 2.05. The fourth-order valence-corrected chi connectivity index (χ4v) is 3.22. The molecule has 27 heavy (non-hydrogen) atoms. The highest BCUT2D eigenvalue weighted by Gasteiger charge is 2.28. The van der Waals surface area contributed by atoms with Crippen molar-refractivity contribution in [1.82, 2.24) is 14.0 Å². The highest BCUT2D eigenvalue weighted by Crippen LogP contribution is 2.21. The van der Waals surface area contributed by atoms with Crippen molar-refractivity contribution in [1.29, 1.82) is 5.41 Å². The number of carbonyl (C=O) groups excluding carboxylic acids is 1. The second kappa shape index (κ2) is 8.05. The van der Waals surface area contributed by atoms with Crippen LogP contribution in [-0.2, 0) is 6.54 Å². The minimum atomic E-state index is -0.581. The number of aromatic nitrogens is 2. The summed E-state index contributed by atoms with van der Waals surface area (Å²) in [6.07, 6.45) is 2.77. The average Bonchev–Trinajstić information content (AvgIpc) is 3.31. The minimum absolute atomic E-state index is 0.00432. The van der Waals surface area contributed by atoms with Gasteiger partial charge in [0.15, 0.2) is 0 Å². The van der Waals surface area contributed by atoms with Crippen LogP contribution < -0.4 is 11.0 Å². The number of nitrogens with zero attached hydrogens (tertiary/aromatic N) is 3. The Morgan fingerprint density at radius 1 is 1.26 bits per heavy atom. The number of imidazole rings is 1. The van der Waals surface area contributed by atoms with Gasteiger partial charge in [0.05, 0.1) is 13.2 Å². The van der Waals surface area contributed by atoms with E-state index in [0.717, 1.165) is 29.2 Å². The number of aliphatic hydroxyl groups excluding tert-OH is 1. The zero-order valence-corrected chi connectivity index (χ0v) is 15.0. The molecule has 0 saturated carbocycles. The Morgan fingerprint density at radius 2 is 1.93 bits per heavy atom. The molecule has 0 atom stereocenters. The number of carbonyl (C=O) groups is 1. The van der Waals surface area contributed by atoms with Crippen molar-refractivity contribution in [2.75, 3.05) is 25.0 Å². The molecular formula is C19H23N5O3. The Bertz CT molecular complexity index is 907. The molecule has 0 bridgehead atoms. The van der Waals surface area contributed by atoms with Crippen LogP contribution >= 0.6 is 0 Å². The topological polar surface area (TPSA) is 103 Å². The molecule has 1 saturated heterocycles. The Hall–Kier alpha value is -3.13. The van der Waals surface area contributed by atoms with Gasteiger partial charge >= 0.3 is 11.7 Å². The summed E-state index contributed by atoms with van der Waals surface area (Å²) in [6.45, 7) is 4.90. The van der Waals surface area contributed by atoms with Crippen molar-refractivity contribution in [3.63, 3.8) is 0 Å². The molecule has 0 radical (unpaired) electrons. The molecule has 1 aliphatic heterocycles. The molecule has 1 fully saturated rings. The fourth-order valence-electron chi connectivity index (χ4n) is 3.22. The van der Waals surface area contributed by atoms with Crippen molar-refractivity contribution in [3.05, 3.63) is 58.7 Å². The third-order valence-corrected chi connectivity index (χ3v) is 4.60. The first-order valence-electron chi connectivity index (χ1n) is 8.86. The van der Waals surface area contributed by atoms with Gasteiger partial charge in [-0.2, -0.15) is 0 Å². The monoisotopic (exact) mass is 369 g/mol. The zero-order valence-electron chi connectivity index (χ0n) is 15.0. The first kappa shape index (κ1) is 18.7. The van der Waals surface area contributed by atoms with Gasteiger partial charge in [-0.25, -0.2) is 14.2 Å². The summed E-state index contributed by atoms with van der Waals surface area (Å²) >= 11 is 0. The Labute approximate surface area is 156 Å². The Morgan fingerprint density at radius 3 is 2.52 bits per heavy atom. The van der Waals surface area contributed by atoms with E-state index in [9.17, 15) is 14.7 Å². The molecule has 2 aromatic rings. The number of anilines is 1. The third-order valence-electron chi connectivity index (χ3n) is 4.60. The molecular weight excluding hydrogens is 346 g/mol. The summed E-state index contributed by atoms with van der Waals surface area (Å²) in [4.78, 5) is 27.3. The zero-order chi connectivity index (χ0) is 19.4. The van der Waals surface area contributed by atoms with Gasteiger partial charge in [-0.3, -0.25) is 4.57 Å². The van der Waals surface area contributed by atoms with Crippen molar-refractivity contribution < 1.29 is 9.90 Å². The van der Waals surface area contributed by atoms with Crippen LogP contribution in [0.5, 0.6) is 0 Å². The number of nitrogens with one attached hydrogen (secondary N) is 2. The normalized spacial score (nSPS) is 13.6. The maximum absolute atomic E-state index is 12.9. The largest absolute Gasteiger partial charge is 0.395 e. The lowest BCUT2D eigenvalue weighted by Crippen LogP contribution is -2.39. The van der Waals surface area contributed by atoms with Crippen LogP contribution in [0, 0.1) is 5.41 Å². The summed E-state index contributed by atoms with van der Waals surface area (Å²) in [5.74, 6) is 0.269. The average molecular weight is 369 g/mol. The standard InChI is InChI=1S/C19H23N5O3/c1-14(15-7-3-2-4-8-15)21-17-16(13-20)24(19(27)23(17)11-12-25)18(26)22-9-5-6-10-22/h2-4,7-8,13,20-21,25H,1,5-6,9-12H2. The summed E-state index contributed by atoms with van der Waals surface area (Å²) in [7, 11) is 0. The summed E-state index contributed by atoms with van der Waals surface area (Å²) in [6, 6.07) is 8.89. The van der Waals surface area contributed by atoms with Crippen LogP contribution in [0.15, 0.2) is 41.7 Å². The molecule has 8 nitrogen and oxygen atoms in total. The number of aliphatic hydroxyl groups is 1. The van der Waals surface area contributed by atoms with Crippen molar-refractivity contribution in [2.24, 2.45) is 0 Å². The van der Waals surface area contributed by atoms with E-state index in [1.807, 2.05) is 30.3 Å². The van der Waals surface area contributed by atoms with E-state index < -0.39 is 11.7 Å². The maximum Gasteiger partial charge on any atom is 0.338 e. The van der Waals surface area contributed by atoms with E-state index >= 15 is 0 Å². The van der Waals surface area contributed by atoms with Crippen molar-refractivity contribution >= 4 is 23.8 Å². The molecule has 1 aromatic heterocycles. The smallest absolute Gasteiger partial charge is 0.338 e. The van der Waals surface area contributed by atoms with Crippen LogP contribution in [-0.4, -0.2) is 51.1 Å². The van der Waals surface area contributed by atoms with E-state index in [0.29, 0.717) is 18.8 Å². The van der Waals surface area contributed by atoms with Gasteiger partial charge in [0, 0.05) is 25.0 Å². The highest BCUT2D eigenvalue weighted by atomic mass is 16.3. The summed E-state index contributed by atoms with van der Waals surface area (Å²) in [5, 5.41) is 20.2. The molecule has 1 aliphatic rings. The van der Waals surface area contributed by atoms with Gasteiger partial charge in [-0.1, -0.05) is 36.9 Å². The van der Waals surface area contributed by atoms with Crippen LogP contribution in [0.25, 0.3) is 5.70 Å². The SMILES string of the molecule is C=C(Nc1c(C=N)n(C(=O)N2CCCC2)c(=O)n1CCO)c1ccccc1. The molecule has 0 aliphatic carbocycles. The van der Waals surface area contributed by atoms with E-state index in [1.165, 1.54) is 4.57 Å². The molecule has 142 valence electrons. The summed E-state index contributed by atoms with van der Waals surface area (Å²) < 4.78 is 2.26. The number of hydrogen-bond acceptors (Lipinski definition) is 5. The van der Waals surface area contributed by atoms with E-state index in [-0.39, 0.29) is 24.7 Å². The number of hydrogen-bond donors (Lipinski definition) is 3. The molecule has 3 rings (SSSR count). The van der Waals surface area contributed by atoms with Crippen LogP contribution in [0.1, 0.15) is 24.1 Å². The fraction of sp³-hybridized carbons (Fsp3) is 0.316. The number of amides is 1.